The van der Waals surface area contributed by atoms with Gasteiger partial charge in [-0.3, -0.25) is 9.59 Å². The van der Waals surface area contributed by atoms with Gasteiger partial charge in [0.05, 0.1) is 11.5 Å². The van der Waals surface area contributed by atoms with E-state index in [1.165, 1.54) is 11.3 Å². The van der Waals surface area contributed by atoms with E-state index < -0.39 is 11.5 Å². The van der Waals surface area contributed by atoms with Gasteiger partial charge < -0.3 is 20.6 Å². The van der Waals surface area contributed by atoms with Gasteiger partial charge in [-0.05, 0) is 19.3 Å². The molecule has 0 unspecified atom stereocenters. The molecule has 0 saturated carbocycles. The molecule has 1 spiro atoms. The van der Waals surface area contributed by atoms with Crippen molar-refractivity contribution < 1.29 is 14.7 Å². The van der Waals surface area contributed by atoms with Gasteiger partial charge in [-0.15, -0.1) is 11.3 Å². The lowest BCUT2D eigenvalue weighted by Gasteiger charge is -2.46. The maximum absolute atomic E-state index is 12.6. The topological polar surface area (TPSA) is 94.6 Å². The van der Waals surface area contributed by atoms with Crippen LogP contribution in [0.5, 0.6) is 0 Å². The van der Waals surface area contributed by atoms with E-state index in [0.717, 1.165) is 6.42 Å². The molecular formula is C14H20N4O3S. The molecule has 1 aromatic rings. The van der Waals surface area contributed by atoms with E-state index in [-0.39, 0.29) is 18.4 Å². The van der Waals surface area contributed by atoms with Gasteiger partial charge in [-0.2, -0.15) is 0 Å². The molecule has 2 atom stereocenters. The van der Waals surface area contributed by atoms with Crippen molar-refractivity contribution in [3.63, 3.8) is 0 Å². The molecule has 3 rings (SSSR count). The van der Waals surface area contributed by atoms with Gasteiger partial charge in [0.25, 0.3) is 5.91 Å². The summed E-state index contributed by atoms with van der Waals surface area (Å²) in [6, 6.07) is 0. The molecule has 0 radical (unpaired) electrons. The third-order valence-electron chi connectivity index (χ3n) is 4.55. The summed E-state index contributed by atoms with van der Waals surface area (Å²) in [5.41, 5.74) is -0.481. The van der Waals surface area contributed by atoms with E-state index in [1.54, 1.807) is 17.3 Å². The maximum atomic E-state index is 12.6. The zero-order valence-electron chi connectivity index (χ0n) is 12.5. The Morgan fingerprint density at radius 1 is 1.64 bits per heavy atom. The standard InChI is InChI=1S/C14H20N4O3S/c1-15-13-17-9(7-22-13)11(20)18-6-3-10(19)14(8-18)4-2-5-16-12(14)21/h7,10,19H,2-6,8H2,1H3,(H,15,17)(H,16,21)/t10-,14+/m0/s1. The number of amides is 2. The number of piperidine rings is 2. The molecule has 0 bridgehead atoms. The number of nitrogens with zero attached hydrogens (tertiary/aromatic N) is 2. The van der Waals surface area contributed by atoms with Gasteiger partial charge in [0, 0.05) is 32.1 Å². The van der Waals surface area contributed by atoms with E-state index in [9.17, 15) is 14.7 Å². The molecule has 1 aromatic heterocycles. The first-order chi connectivity index (χ1) is 10.6. The Morgan fingerprint density at radius 3 is 3.14 bits per heavy atom. The smallest absolute Gasteiger partial charge is 0.273 e. The second kappa shape index (κ2) is 5.85. The number of nitrogens with one attached hydrogen (secondary N) is 2. The van der Waals surface area contributed by atoms with Crippen LogP contribution in [0.1, 0.15) is 29.8 Å². The molecule has 22 heavy (non-hydrogen) atoms. The highest BCUT2D eigenvalue weighted by atomic mass is 32.1. The number of hydrogen-bond acceptors (Lipinski definition) is 6. The summed E-state index contributed by atoms with van der Waals surface area (Å²) in [6.45, 7) is 1.34. The van der Waals surface area contributed by atoms with Gasteiger partial charge in [0.2, 0.25) is 5.91 Å². The molecule has 7 nitrogen and oxygen atoms in total. The van der Waals surface area contributed by atoms with Crippen LogP contribution in [-0.4, -0.2) is 59.6 Å². The number of carbonyl (C=O) groups is 2. The van der Waals surface area contributed by atoms with Gasteiger partial charge in [-0.25, -0.2) is 4.98 Å². The predicted octanol–water partition coefficient (Wildman–Crippen LogP) is 0.288. The SMILES string of the molecule is CNc1nc(C(=O)N2CC[C@H](O)[C@@]3(CCCNC3=O)C2)cs1. The first-order valence-electron chi connectivity index (χ1n) is 7.46. The van der Waals surface area contributed by atoms with Crippen molar-refractivity contribution in [2.24, 2.45) is 5.41 Å². The quantitative estimate of drug-likeness (QED) is 0.727. The van der Waals surface area contributed by atoms with Crippen LogP contribution in [0, 0.1) is 5.41 Å². The van der Waals surface area contributed by atoms with E-state index in [4.69, 9.17) is 0 Å². The monoisotopic (exact) mass is 324 g/mol. The summed E-state index contributed by atoms with van der Waals surface area (Å²) in [7, 11) is 1.76. The molecule has 3 N–H and O–H groups in total. The van der Waals surface area contributed by atoms with Crippen molar-refractivity contribution in [2.45, 2.75) is 25.4 Å². The summed E-state index contributed by atoms with van der Waals surface area (Å²) in [6.07, 6.45) is 1.16. The lowest BCUT2D eigenvalue weighted by Crippen LogP contribution is -2.62. The van der Waals surface area contributed by atoms with Gasteiger partial charge in [0.15, 0.2) is 5.13 Å². The Morgan fingerprint density at radius 2 is 2.45 bits per heavy atom. The van der Waals surface area contributed by atoms with Gasteiger partial charge in [0.1, 0.15) is 5.69 Å². The second-order valence-corrected chi connectivity index (χ2v) is 6.69. The van der Waals surface area contributed by atoms with E-state index >= 15 is 0 Å². The predicted molar refractivity (Wildman–Crippen MR) is 82.9 cm³/mol. The number of aliphatic hydroxyl groups excluding tert-OH is 1. The third kappa shape index (κ3) is 2.46. The fraction of sp³-hybridized carbons (Fsp3) is 0.643. The summed E-state index contributed by atoms with van der Waals surface area (Å²) >= 11 is 1.37. The Balaban J connectivity index is 1.80. The van der Waals surface area contributed by atoms with Crippen LogP contribution in [0.15, 0.2) is 5.38 Å². The molecular weight excluding hydrogens is 304 g/mol. The normalized spacial score (nSPS) is 28.5. The number of anilines is 1. The molecule has 0 aromatic carbocycles. The van der Waals surface area contributed by atoms with Crippen LogP contribution in [0.25, 0.3) is 0 Å². The zero-order chi connectivity index (χ0) is 15.7. The van der Waals surface area contributed by atoms with E-state index in [0.29, 0.717) is 36.8 Å². The maximum Gasteiger partial charge on any atom is 0.273 e. The van der Waals surface area contributed by atoms with Crippen LogP contribution in [0.2, 0.25) is 0 Å². The minimum absolute atomic E-state index is 0.141. The molecule has 8 heteroatoms. The van der Waals surface area contributed by atoms with Gasteiger partial charge >= 0.3 is 0 Å². The number of rotatable bonds is 2. The van der Waals surface area contributed by atoms with Crippen LogP contribution in [0.4, 0.5) is 5.13 Å². The third-order valence-corrected chi connectivity index (χ3v) is 5.40. The second-order valence-electron chi connectivity index (χ2n) is 5.83. The lowest BCUT2D eigenvalue weighted by atomic mass is 9.71. The highest BCUT2D eigenvalue weighted by molar-refractivity contribution is 7.13. The fourth-order valence-corrected chi connectivity index (χ4v) is 3.91. The van der Waals surface area contributed by atoms with Crippen molar-refractivity contribution in [3.05, 3.63) is 11.1 Å². The summed E-state index contributed by atoms with van der Waals surface area (Å²) in [4.78, 5) is 30.8. The largest absolute Gasteiger partial charge is 0.392 e. The summed E-state index contributed by atoms with van der Waals surface area (Å²) < 4.78 is 0. The number of thiazole rings is 1. The minimum atomic E-state index is -0.867. The van der Waals surface area contributed by atoms with Crippen LogP contribution in [-0.2, 0) is 4.79 Å². The first-order valence-corrected chi connectivity index (χ1v) is 8.34. The van der Waals surface area contributed by atoms with Gasteiger partial charge in [-0.1, -0.05) is 0 Å². The average molecular weight is 324 g/mol. The highest BCUT2D eigenvalue weighted by Crippen LogP contribution is 2.37. The highest BCUT2D eigenvalue weighted by Gasteiger charge is 2.50. The number of aliphatic hydroxyl groups is 1. The van der Waals surface area contributed by atoms with E-state index in [2.05, 4.69) is 15.6 Å². The van der Waals surface area contributed by atoms with Crippen LogP contribution < -0.4 is 10.6 Å². The van der Waals surface area contributed by atoms with E-state index in [1.807, 2.05) is 0 Å². The molecule has 2 aliphatic rings. The Labute approximate surface area is 132 Å². The molecule has 2 fully saturated rings. The van der Waals surface area contributed by atoms with Crippen LogP contribution >= 0.6 is 11.3 Å². The average Bonchev–Trinajstić information content (AvgIpc) is 3.01. The molecule has 0 aliphatic carbocycles. The lowest BCUT2D eigenvalue weighted by molar-refractivity contribution is -0.147. The van der Waals surface area contributed by atoms with Crippen molar-refractivity contribution in [3.8, 4) is 0 Å². The number of aromatic nitrogens is 1. The fourth-order valence-electron chi connectivity index (χ4n) is 3.27. The van der Waals surface area contributed by atoms with Crippen LogP contribution in [0.3, 0.4) is 0 Å². The zero-order valence-corrected chi connectivity index (χ0v) is 13.3. The Bertz CT molecular complexity index is 590. The number of likely N-dealkylation sites (tertiary alicyclic amines) is 1. The molecule has 120 valence electrons. The molecule has 2 saturated heterocycles. The molecule has 2 amide bonds. The Hall–Kier alpha value is -1.67. The molecule has 3 heterocycles. The van der Waals surface area contributed by atoms with Crippen molar-refractivity contribution in [1.29, 1.82) is 0 Å². The van der Waals surface area contributed by atoms with Crippen molar-refractivity contribution in [1.82, 2.24) is 15.2 Å². The van der Waals surface area contributed by atoms with Crippen molar-refractivity contribution >= 4 is 28.3 Å². The summed E-state index contributed by atoms with van der Waals surface area (Å²) in [5, 5.41) is 18.5. The van der Waals surface area contributed by atoms with Crippen molar-refractivity contribution in [2.75, 3.05) is 32.0 Å². The Kier molecular flexibility index (Phi) is 4.05. The minimum Gasteiger partial charge on any atom is -0.392 e. The summed E-state index contributed by atoms with van der Waals surface area (Å²) in [5.74, 6) is -0.319. The first kappa shape index (κ1) is 15.2. The number of hydrogen-bond donors (Lipinski definition) is 3. The molecule has 2 aliphatic heterocycles. The number of carbonyl (C=O) groups excluding carboxylic acids is 2.